The van der Waals surface area contributed by atoms with Gasteiger partial charge in [0.15, 0.2) is 0 Å². The first-order valence-corrected chi connectivity index (χ1v) is 8.71. The SMILES string of the molecule is CN(C)CCN(C)C(=O)c1ccc2c(c1)[nH]c1ccc3c(c12)C(=O)NC3=O. The lowest BCUT2D eigenvalue weighted by molar-refractivity contribution is 0.0785. The molecule has 0 saturated carbocycles. The Kier molecular flexibility index (Phi) is 3.96. The molecule has 1 aromatic heterocycles. The molecule has 7 nitrogen and oxygen atoms in total. The van der Waals surface area contributed by atoms with Crippen LogP contribution in [0.2, 0.25) is 0 Å². The third kappa shape index (κ3) is 2.76. The number of rotatable bonds is 4. The summed E-state index contributed by atoms with van der Waals surface area (Å²) in [7, 11) is 5.71. The first kappa shape index (κ1) is 17.2. The summed E-state index contributed by atoms with van der Waals surface area (Å²) in [5, 5.41) is 3.87. The minimum Gasteiger partial charge on any atom is -0.354 e. The number of hydrogen-bond acceptors (Lipinski definition) is 4. The predicted molar refractivity (Wildman–Crippen MR) is 103 cm³/mol. The van der Waals surface area contributed by atoms with Crippen molar-refractivity contribution in [3.8, 4) is 0 Å². The molecular formula is C20H20N4O3. The van der Waals surface area contributed by atoms with Crippen molar-refractivity contribution in [2.75, 3.05) is 34.2 Å². The van der Waals surface area contributed by atoms with Gasteiger partial charge in [0.25, 0.3) is 17.7 Å². The number of aromatic nitrogens is 1. The number of carbonyl (C=O) groups is 3. The van der Waals surface area contributed by atoms with Crippen LogP contribution in [0.15, 0.2) is 30.3 Å². The normalized spacial score (nSPS) is 13.5. The third-order valence-electron chi connectivity index (χ3n) is 4.94. The van der Waals surface area contributed by atoms with Gasteiger partial charge < -0.3 is 14.8 Å². The Morgan fingerprint density at radius 2 is 1.74 bits per heavy atom. The van der Waals surface area contributed by atoms with E-state index in [4.69, 9.17) is 0 Å². The fourth-order valence-electron chi connectivity index (χ4n) is 3.46. The van der Waals surface area contributed by atoms with Gasteiger partial charge in [0.05, 0.1) is 11.1 Å². The van der Waals surface area contributed by atoms with E-state index in [-0.39, 0.29) is 17.7 Å². The maximum atomic E-state index is 12.7. The van der Waals surface area contributed by atoms with Gasteiger partial charge in [-0.1, -0.05) is 6.07 Å². The number of aromatic amines is 1. The second kappa shape index (κ2) is 6.21. The van der Waals surface area contributed by atoms with Gasteiger partial charge in [0.1, 0.15) is 0 Å². The van der Waals surface area contributed by atoms with Crippen molar-refractivity contribution in [3.63, 3.8) is 0 Å². The van der Waals surface area contributed by atoms with Crippen molar-refractivity contribution in [1.82, 2.24) is 20.1 Å². The lowest BCUT2D eigenvalue weighted by atomic mass is 10.0. The van der Waals surface area contributed by atoms with E-state index in [1.54, 1.807) is 36.2 Å². The molecule has 0 aliphatic carbocycles. The highest BCUT2D eigenvalue weighted by molar-refractivity contribution is 6.30. The monoisotopic (exact) mass is 364 g/mol. The molecule has 7 heteroatoms. The Balaban J connectivity index is 1.77. The average molecular weight is 364 g/mol. The molecule has 1 aliphatic heterocycles. The minimum absolute atomic E-state index is 0.0597. The molecule has 2 N–H and O–H groups in total. The maximum absolute atomic E-state index is 12.7. The van der Waals surface area contributed by atoms with Crippen LogP contribution in [-0.4, -0.2) is 66.7 Å². The Bertz CT molecular complexity index is 1110. The number of imide groups is 1. The smallest absolute Gasteiger partial charge is 0.259 e. The zero-order valence-corrected chi connectivity index (χ0v) is 15.4. The molecule has 2 aromatic carbocycles. The molecule has 3 amide bonds. The highest BCUT2D eigenvalue weighted by Crippen LogP contribution is 2.33. The third-order valence-corrected chi connectivity index (χ3v) is 4.94. The van der Waals surface area contributed by atoms with E-state index >= 15 is 0 Å². The van der Waals surface area contributed by atoms with Crippen molar-refractivity contribution in [3.05, 3.63) is 47.0 Å². The first-order valence-electron chi connectivity index (χ1n) is 8.71. The second-order valence-electron chi connectivity index (χ2n) is 7.11. The molecule has 138 valence electrons. The van der Waals surface area contributed by atoms with E-state index < -0.39 is 0 Å². The maximum Gasteiger partial charge on any atom is 0.259 e. The highest BCUT2D eigenvalue weighted by atomic mass is 16.2. The molecule has 4 rings (SSSR count). The number of hydrogen-bond donors (Lipinski definition) is 2. The van der Waals surface area contributed by atoms with Crippen molar-refractivity contribution < 1.29 is 14.4 Å². The first-order chi connectivity index (χ1) is 12.9. The number of amides is 3. The Morgan fingerprint density at radius 3 is 2.48 bits per heavy atom. The van der Waals surface area contributed by atoms with Crippen LogP contribution in [0.5, 0.6) is 0 Å². The number of nitrogens with zero attached hydrogens (tertiary/aromatic N) is 2. The van der Waals surface area contributed by atoms with Crippen molar-refractivity contribution >= 4 is 39.5 Å². The van der Waals surface area contributed by atoms with Crippen LogP contribution < -0.4 is 5.32 Å². The summed E-state index contributed by atoms with van der Waals surface area (Å²) in [5.41, 5.74) is 2.88. The molecule has 1 aliphatic rings. The number of fused-ring (bicyclic) bond motifs is 5. The van der Waals surface area contributed by atoms with Gasteiger partial charge in [-0.25, -0.2) is 0 Å². The summed E-state index contributed by atoms with van der Waals surface area (Å²) < 4.78 is 0. The number of benzene rings is 2. The fourth-order valence-corrected chi connectivity index (χ4v) is 3.46. The Labute approximate surface area is 155 Å². The fraction of sp³-hybridized carbons (Fsp3) is 0.250. The summed E-state index contributed by atoms with van der Waals surface area (Å²) >= 11 is 0. The minimum atomic E-state index is -0.384. The van der Waals surface area contributed by atoms with Crippen LogP contribution in [0, 0.1) is 0 Å². The number of H-pyrrole nitrogens is 1. The summed E-state index contributed by atoms with van der Waals surface area (Å²) in [5.74, 6) is -0.818. The summed E-state index contributed by atoms with van der Waals surface area (Å²) in [4.78, 5) is 43.8. The molecule has 0 saturated heterocycles. The van der Waals surface area contributed by atoms with Crippen LogP contribution >= 0.6 is 0 Å². The molecule has 2 heterocycles. The average Bonchev–Trinajstić information content (AvgIpc) is 3.15. The van der Waals surface area contributed by atoms with E-state index in [2.05, 4.69) is 10.3 Å². The van der Waals surface area contributed by atoms with Gasteiger partial charge in [-0.15, -0.1) is 0 Å². The highest BCUT2D eigenvalue weighted by Gasteiger charge is 2.30. The topological polar surface area (TPSA) is 85.5 Å². The van der Waals surface area contributed by atoms with Gasteiger partial charge in [-0.2, -0.15) is 0 Å². The van der Waals surface area contributed by atoms with Crippen molar-refractivity contribution in [2.24, 2.45) is 0 Å². The van der Waals surface area contributed by atoms with Gasteiger partial charge in [0.2, 0.25) is 0 Å². The molecular weight excluding hydrogens is 344 g/mol. The number of likely N-dealkylation sites (N-methyl/N-ethyl adjacent to an activating group) is 2. The number of carbonyl (C=O) groups excluding carboxylic acids is 3. The molecule has 0 atom stereocenters. The predicted octanol–water partition coefficient (Wildman–Crippen LogP) is 1.84. The lowest BCUT2D eigenvalue weighted by Gasteiger charge is -2.19. The van der Waals surface area contributed by atoms with E-state index in [0.29, 0.717) is 28.6 Å². The van der Waals surface area contributed by atoms with Crippen molar-refractivity contribution in [1.29, 1.82) is 0 Å². The van der Waals surface area contributed by atoms with E-state index in [1.165, 1.54) is 0 Å². The molecule has 3 aromatic rings. The Hall–Kier alpha value is -3.19. The molecule has 27 heavy (non-hydrogen) atoms. The summed E-state index contributed by atoms with van der Waals surface area (Å²) in [6.07, 6.45) is 0. The van der Waals surface area contributed by atoms with Gasteiger partial charge in [0, 0.05) is 47.5 Å². The largest absolute Gasteiger partial charge is 0.354 e. The van der Waals surface area contributed by atoms with E-state index in [0.717, 1.165) is 23.0 Å². The van der Waals surface area contributed by atoms with Crippen LogP contribution in [0.25, 0.3) is 21.8 Å². The van der Waals surface area contributed by atoms with Crippen LogP contribution in [-0.2, 0) is 0 Å². The molecule has 0 bridgehead atoms. The van der Waals surface area contributed by atoms with Crippen LogP contribution in [0.4, 0.5) is 0 Å². The Morgan fingerprint density at radius 1 is 0.963 bits per heavy atom. The van der Waals surface area contributed by atoms with E-state index in [9.17, 15) is 14.4 Å². The van der Waals surface area contributed by atoms with Crippen LogP contribution in [0.1, 0.15) is 31.1 Å². The molecule has 0 spiro atoms. The van der Waals surface area contributed by atoms with Crippen LogP contribution in [0.3, 0.4) is 0 Å². The quantitative estimate of drug-likeness (QED) is 0.692. The standard InChI is InChI=1S/C20H20N4O3/c1-23(2)8-9-24(3)20(27)11-4-5-12-15(10-11)21-14-7-6-13-17(16(12)14)19(26)22-18(13)25/h4-7,10,21H,8-9H2,1-3H3,(H,22,25,26). The summed E-state index contributed by atoms with van der Waals surface area (Å²) in [6.45, 7) is 1.42. The zero-order valence-electron chi connectivity index (χ0n) is 15.4. The van der Waals surface area contributed by atoms with Gasteiger partial charge in [-0.05, 0) is 38.4 Å². The molecule has 0 unspecified atom stereocenters. The second-order valence-corrected chi connectivity index (χ2v) is 7.11. The molecule has 0 fully saturated rings. The van der Waals surface area contributed by atoms with Gasteiger partial charge in [-0.3, -0.25) is 19.7 Å². The molecule has 0 radical (unpaired) electrons. The summed E-state index contributed by atoms with van der Waals surface area (Å²) in [6, 6.07) is 8.83. The zero-order chi connectivity index (χ0) is 19.3. The number of nitrogens with one attached hydrogen (secondary N) is 2. The van der Waals surface area contributed by atoms with Gasteiger partial charge >= 0.3 is 0 Å². The van der Waals surface area contributed by atoms with E-state index in [1.807, 2.05) is 25.1 Å². The lowest BCUT2D eigenvalue weighted by Crippen LogP contribution is -2.33. The van der Waals surface area contributed by atoms with Crippen molar-refractivity contribution in [2.45, 2.75) is 0 Å².